The van der Waals surface area contributed by atoms with Crippen LogP contribution in [0.2, 0.25) is 0 Å². The molecule has 0 atom stereocenters. The second kappa shape index (κ2) is 8.46. The highest BCUT2D eigenvalue weighted by Gasteiger charge is 2.34. The average molecular weight is 417 g/mol. The van der Waals surface area contributed by atoms with Gasteiger partial charge in [0, 0.05) is 23.7 Å². The van der Waals surface area contributed by atoms with Gasteiger partial charge in [0.15, 0.2) is 0 Å². The predicted molar refractivity (Wildman–Crippen MR) is 91.9 cm³/mol. The number of methoxy groups -OCH3 is 1. The molecule has 1 aromatic rings. The summed E-state index contributed by atoms with van der Waals surface area (Å²) in [5.74, 6) is -2.97. The maximum atomic E-state index is 12.8. The molecule has 0 aliphatic carbocycles. The molecule has 5 nitrogen and oxygen atoms in total. The van der Waals surface area contributed by atoms with Crippen LogP contribution in [0.1, 0.15) is 18.9 Å². The van der Waals surface area contributed by atoms with Gasteiger partial charge in [-0.05, 0) is 19.1 Å². The predicted octanol–water partition coefficient (Wildman–Crippen LogP) is 3.78. The summed E-state index contributed by atoms with van der Waals surface area (Å²) in [7, 11) is 1.32. The topological polar surface area (TPSA) is 64.6 Å². The van der Waals surface area contributed by atoms with Gasteiger partial charge in [0.2, 0.25) is 0 Å². The summed E-state index contributed by atoms with van der Waals surface area (Å²) >= 11 is 0. The standard InChI is InChI=1S/C10H11NO4.C9H5F5/c1-5-6(9(12)14-2)3-7-8(11-5)4-15-10(7)13;1-5(9(12,13)14)7-3-2-6(10)4-8(7)11/h11H,3-4H2,1-2H3;2-4H,1H2. The van der Waals surface area contributed by atoms with Gasteiger partial charge in [-0.15, -0.1) is 0 Å². The van der Waals surface area contributed by atoms with Gasteiger partial charge in [-0.25, -0.2) is 18.4 Å². The quantitative estimate of drug-likeness (QED) is 0.586. The van der Waals surface area contributed by atoms with Gasteiger partial charge in [-0.1, -0.05) is 6.58 Å². The summed E-state index contributed by atoms with van der Waals surface area (Å²) in [5.41, 5.74) is 0.425. The number of alkyl halides is 3. The van der Waals surface area contributed by atoms with Crippen molar-refractivity contribution in [2.24, 2.45) is 0 Å². The van der Waals surface area contributed by atoms with Crippen LogP contribution in [-0.2, 0) is 19.1 Å². The first-order valence-electron chi connectivity index (χ1n) is 8.11. The summed E-state index contributed by atoms with van der Waals surface area (Å²) in [5, 5.41) is 2.99. The molecule has 2 heterocycles. The van der Waals surface area contributed by atoms with Crippen LogP contribution >= 0.6 is 0 Å². The van der Waals surface area contributed by atoms with Crippen molar-refractivity contribution in [1.29, 1.82) is 0 Å². The maximum absolute atomic E-state index is 12.8. The number of cyclic esters (lactones) is 1. The fourth-order valence-electron chi connectivity index (χ4n) is 2.57. The van der Waals surface area contributed by atoms with Crippen LogP contribution in [0.5, 0.6) is 0 Å². The van der Waals surface area contributed by atoms with Crippen LogP contribution in [0, 0.1) is 11.6 Å². The van der Waals surface area contributed by atoms with Gasteiger partial charge < -0.3 is 14.8 Å². The fourth-order valence-corrected chi connectivity index (χ4v) is 2.57. The zero-order chi connectivity index (χ0) is 21.9. The zero-order valence-electron chi connectivity index (χ0n) is 15.4. The van der Waals surface area contributed by atoms with Crippen LogP contribution in [0.25, 0.3) is 5.57 Å². The van der Waals surface area contributed by atoms with Crippen molar-refractivity contribution < 1.29 is 41.0 Å². The van der Waals surface area contributed by atoms with Crippen molar-refractivity contribution in [3.63, 3.8) is 0 Å². The largest absolute Gasteiger partial charge is 0.466 e. The molecular weight excluding hydrogens is 401 g/mol. The minimum Gasteiger partial charge on any atom is -0.466 e. The van der Waals surface area contributed by atoms with Gasteiger partial charge in [0.25, 0.3) is 0 Å². The Morgan fingerprint density at radius 2 is 1.93 bits per heavy atom. The number of carbonyl (C=O) groups is 2. The molecule has 10 heteroatoms. The van der Waals surface area contributed by atoms with Crippen molar-refractivity contribution >= 4 is 17.5 Å². The normalized spacial score (nSPS) is 15.8. The first kappa shape index (κ1) is 22.1. The van der Waals surface area contributed by atoms with E-state index in [0.29, 0.717) is 29.7 Å². The van der Waals surface area contributed by atoms with E-state index < -0.39 is 34.9 Å². The number of nitrogens with one attached hydrogen (secondary N) is 1. The van der Waals surface area contributed by atoms with Crippen molar-refractivity contribution in [2.45, 2.75) is 19.5 Å². The number of hydrogen-bond acceptors (Lipinski definition) is 5. The molecular formula is C19H16F5NO4. The lowest BCUT2D eigenvalue weighted by Crippen LogP contribution is -2.24. The molecule has 1 aromatic carbocycles. The van der Waals surface area contributed by atoms with Crippen LogP contribution in [0.3, 0.4) is 0 Å². The number of rotatable bonds is 2. The SMILES string of the molecule is C=C(c1ccc(F)cc1F)C(F)(F)F.COC(=O)C1=C(C)NC2=C(C1)C(=O)OC2. The number of benzene rings is 1. The summed E-state index contributed by atoms with van der Waals surface area (Å²) in [6.07, 6.45) is -4.42. The Morgan fingerprint density at radius 1 is 1.28 bits per heavy atom. The first-order valence-corrected chi connectivity index (χ1v) is 8.11. The Hall–Kier alpha value is -3.17. The highest BCUT2D eigenvalue weighted by atomic mass is 19.4. The second-order valence-electron chi connectivity index (χ2n) is 6.03. The Balaban J connectivity index is 0.000000208. The number of esters is 2. The van der Waals surface area contributed by atoms with E-state index in [0.717, 1.165) is 17.5 Å². The van der Waals surface area contributed by atoms with Gasteiger partial charge in [0.1, 0.15) is 18.2 Å². The van der Waals surface area contributed by atoms with E-state index in [1.807, 2.05) is 0 Å². The number of carbonyl (C=O) groups excluding carboxylic acids is 2. The van der Waals surface area contributed by atoms with Gasteiger partial charge in [-0.3, -0.25) is 0 Å². The summed E-state index contributed by atoms with van der Waals surface area (Å²) in [4.78, 5) is 22.7. The fraction of sp³-hybridized carbons (Fsp3) is 0.263. The first-order chi connectivity index (χ1) is 13.5. The van der Waals surface area contributed by atoms with Crippen molar-refractivity contribution in [3.8, 4) is 0 Å². The molecule has 0 spiro atoms. The highest BCUT2D eigenvalue weighted by molar-refractivity contribution is 5.97. The number of hydrogen-bond donors (Lipinski definition) is 1. The van der Waals surface area contributed by atoms with Crippen LogP contribution in [0.4, 0.5) is 22.0 Å². The van der Waals surface area contributed by atoms with E-state index in [2.05, 4.69) is 16.6 Å². The number of dihydropyridines is 1. The van der Waals surface area contributed by atoms with Crippen molar-refractivity contribution in [3.05, 3.63) is 64.5 Å². The summed E-state index contributed by atoms with van der Waals surface area (Å²) < 4.78 is 70.8. The molecule has 0 aromatic heterocycles. The maximum Gasteiger partial charge on any atom is 0.416 e. The lowest BCUT2D eigenvalue weighted by Gasteiger charge is -2.17. The number of halogens is 5. The number of allylic oxidation sites excluding steroid dienone is 2. The molecule has 0 saturated carbocycles. The van der Waals surface area contributed by atoms with Crippen molar-refractivity contribution in [2.75, 3.05) is 13.7 Å². The molecule has 2 aliphatic heterocycles. The molecule has 0 saturated heterocycles. The van der Waals surface area contributed by atoms with Crippen molar-refractivity contribution in [1.82, 2.24) is 5.32 Å². The lowest BCUT2D eigenvalue weighted by molar-refractivity contribution is -0.136. The third kappa shape index (κ3) is 5.01. The van der Waals surface area contributed by atoms with Gasteiger partial charge in [0.05, 0.1) is 29.5 Å². The monoisotopic (exact) mass is 417 g/mol. The second-order valence-corrected chi connectivity index (χ2v) is 6.03. The molecule has 0 radical (unpaired) electrons. The molecule has 2 aliphatic rings. The van der Waals surface area contributed by atoms with Crippen LogP contribution in [0.15, 0.2) is 47.3 Å². The van der Waals surface area contributed by atoms with E-state index >= 15 is 0 Å². The Morgan fingerprint density at radius 3 is 2.48 bits per heavy atom. The van der Waals surface area contributed by atoms with Gasteiger partial charge >= 0.3 is 18.1 Å². The molecule has 0 bridgehead atoms. The minimum absolute atomic E-state index is 0.264. The minimum atomic E-state index is -4.71. The van der Waals surface area contributed by atoms with E-state index in [9.17, 15) is 31.5 Å². The summed E-state index contributed by atoms with van der Waals surface area (Å²) in [6, 6.07) is 1.84. The highest BCUT2D eigenvalue weighted by Crippen LogP contribution is 2.33. The third-order valence-electron chi connectivity index (χ3n) is 4.13. The lowest BCUT2D eigenvalue weighted by atomic mass is 9.99. The smallest absolute Gasteiger partial charge is 0.416 e. The molecule has 0 unspecified atom stereocenters. The third-order valence-corrected chi connectivity index (χ3v) is 4.13. The molecule has 3 rings (SSSR count). The van der Waals surface area contributed by atoms with E-state index in [4.69, 9.17) is 4.74 Å². The zero-order valence-corrected chi connectivity index (χ0v) is 15.4. The Kier molecular flexibility index (Phi) is 6.45. The molecule has 0 amide bonds. The Labute approximate surface area is 162 Å². The Bertz CT molecular complexity index is 931. The number of ether oxygens (including phenoxy) is 2. The molecule has 1 N–H and O–H groups in total. The van der Waals surface area contributed by atoms with Crippen LogP contribution in [-0.4, -0.2) is 31.8 Å². The molecule has 156 valence electrons. The average Bonchev–Trinajstić information content (AvgIpc) is 2.99. The van der Waals surface area contributed by atoms with E-state index in [1.165, 1.54) is 7.11 Å². The molecule has 29 heavy (non-hydrogen) atoms. The van der Waals surface area contributed by atoms with Gasteiger partial charge in [-0.2, -0.15) is 13.2 Å². The molecule has 0 fully saturated rings. The summed E-state index contributed by atoms with van der Waals surface area (Å²) in [6.45, 7) is 4.74. The van der Waals surface area contributed by atoms with E-state index in [-0.39, 0.29) is 12.6 Å². The van der Waals surface area contributed by atoms with Crippen LogP contribution < -0.4 is 5.32 Å². The van der Waals surface area contributed by atoms with E-state index in [1.54, 1.807) is 6.92 Å².